The topological polar surface area (TPSA) is 27.7 Å². The molecule has 0 bridgehead atoms. The zero-order valence-corrected chi connectivity index (χ0v) is 27.2. The summed E-state index contributed by atoms with van der Waals surface area (Å²) in [7, 11) is -4.78. The summed E-state index contributed by atoms with van der Waals surface area (Å²) < 4.78 is 20.5. The minimum atomic E-state index is -1.64. The van der Waals surface area contributed by atoms with Crippen molar-refractivity contribution < 1.29 is 13.3 Å². The Labute approximate surface area is 214 Å². The first-order valence-electron chi connectivity index (χ1n) is 14.2. The first-order valence-corrected chi connectivity index (χ1v) is 24.4. The van der Waals surface area contributed by atoms with Gasteiger partial charge in [0.2, 0.25) is 8.32 Å². The molecule has 4 rings (SSSR count). The van der Waals surface area contributed by atoms with Crippen LogP contribution in [-0.2, 0) is 13.3 Å². The first-order chi connectivity index (χ1) is 15.4. The van der Waals surface area contributed by atoms with E-state index in [1.165, 1.54) is 50.7 Å². The second-order valence-electron chi connectivity index (χ2n) is 15.6. The van der Waals surface area contributed by atoms with Crippen LogP contribution < -0.4 is 0 Å². The second-order valence-corrected chi connectivity index (χ2v) is 28.9. The molecule has 0 aromatic carbocycles. The van der Waals surface area contributed by atoms with Crippen molar-refractivity contribution in [1.29, 1.82) is 0 Å². The molecule has 0 aliphatic heterocycles. The van der Waals surface area contributed by atoms with E-state index < -0.39 is 25.0 Å². The van der Waals surface area contributed by atoms with E-state index in [1.54, 1.807) is 0 Å². The van der Waals surface area contributed by atoms with E-state index in [0.717, 1.165) is 17.8 Å². The van der Waals surface area contributed by atoms with Crippen molar-refractivity contribution in [2.75, 3.05) is 0 Å². The van der Waals surface area contributed by atoms with Crippen LogP contribution in [0, 0.1) is 34.5 Å². The Kier molecular flexibility index (Phi) is 7.07. The highest BCUT2D eigenvalue weighted by Crippen LogP contribution is 2.67. The van der Waals surface area contributed by atoms with Gasteiger partial charge in [-0.1, -0.05) is 13.8 Å². The molecule has 0 saturated heterocycles. The number of allylic oxidation sites excluding steroid dienone is 2. The van der Waals surface area contributed by atoms with Crippen LogP contribution in [0.1, 0.15) is 58.8 Å². The lowest BCUT2D eigenvalue weighted by molar-refractivity contribution is -0.161. The van der Waals surface area contributed by atoms with Crippen LogP contribution in [-0.4, -0.2) is 37.2 Å². The maximum Gasteiger partial charge on any atom is 0.241 e. The van der Waals surface area contributed by atoms with Gasteiger partial charge in [0.15, 0.2) is 16.6 Å². The van der Waals surface area contributed by atoms with Gasteiger partial charge in [-0.2, -0.15) is 0 Å². The van der Waals surface area contributed by atoms with Crippen molar-refractivity contribution in [3.8, 4) is 0 Å². The first kappa shape index (κ1) is 27.2. The average molecular weight is 523 g/mol. The van der Waals surface area contributed by atoms with E-state index in [-0.39, 0.29) is 5.41 Å². The third kappa shape index (κ3) is 5.37. The average Bonchev–Trinajstić information content (AvgIpc) is 2.95. The smallest absolute Gasteiger partial charge is 0.241 e. The minimum Gasteiger partial charge on any atom is -0.547 e. The fourth-order valence-corrected chi connectivity index (χ4v) is 11.8. The van der Waals surface area contributed by atoms with Gasteiger partial charge in [0.05, 0.1) is 5.76 Å². The Morgan fingerprint density at radius 3 is 1.97 bits per heavy atom. The highest BCUT2D eigenvalue weighted by molar-refractivity contribution is 6.70. The fraction of sp³-hybridized carbons (Fsp3) is 0.929. The van der Waals surface area contributed by atoms with Crippen LogP contribution in [0.5, 0.6) is 0 Å². The highest BCUT2D eigenvalue weighted by Gasteiger charge is 2.62. The summed E-state index contributed by atoms with van der Waals surface area (Å²) in [5.74, 6) is 4.29. The van der Waals surface area contributed by atoms with Crippen LogP contribution in [0.25, 0.3) is 0 Å². The maximum absolute atomic E-state index is 7.08. The van der Waals surface area contributed by atoms with Crippen molar-refractivity contribution >= 4 is 25.0 Å². The Morgan fingerprint density at radius 1 is 0.735 bits per heavy atom. The van der Waals surface area contributed by atoms with Gasteiger partial charge in [0, 0.05) is 17.6 Å². The van der Waals surface area contributed by atoms with Gasteiger partial charge in [-0.3, -0.25) is 0 Å². The summed E-state index contributed by atoms with van der Waals surface area (Å²) in [5.41, 5.74) is 0.614. The van der Waals surface area contributed by atoms with E-state index in [0.29, 0.717) is 23.5 Å². The molecular weight excluding hydrogens is 469 g/mol. The van der Waals surface area contributed by atoms with E-state index in [9.17, 15) is 0 Å². The third-order valence-electron chi connectivity index (χ3n) is 9.56. The number of fused-ring (bicyclic) bond motifs is 5. The molecule has 3 nitrogen and oxygen atoms in total. The molecule has 0 amide bonds. The van der Waals surface area contributed by atoms with Gasteiger partial charge in [-0.15, -0.1) is 0 Å². The number of hydrogen-bond donors (Lipinski definition) is 0. The third-order valence-corrected chi connectivity index (χ3v) is 12.4. The van der Waals surface area contributed by atoms with E-state index in [2.05, 4.69) is 78.8 Å². The molecule has 8 atom stereocenters. The Morgan fingerprint density at radius 2 is 1.38 bits per heavy atom. The summed E-state index contributed by atoms with van der Waals surface area (Å²) in [6.07, 6.45) is 12.2. The lowest BCUT2D eigenvalue weighted by atomic mass is 9.44. The molecule has 196 valence electrons. The van der Waals surface area contributed by atoms with Gasteiger partial charge < -0.3 is 13.3 Å². The summed E-state index contributed by atoms with van der Waals surface area (Å²) in [6.45, 7) is 26.4. The Balaban J connectivity index is 1.62. The molecule has 0 aromatic rings. The predicted octanol–water partition coefficient (Wildman–Crippen LogP) is 8.42. The fourth-order valence-electron chi connectivity index (χ4n) is 8.44. The van der Waals surface area contributed by atoms with Gasteiger partial charge >= 0.3 is 0 Å². The van der Waals surface area contributed by atoms with E-state index >= 15 is 0 Å². The van der Waals surface area contributed by atoms with Crippen molar-refractivity contribution in [2.45, 2.75) is 130 Å². The molecule has 3 unspecified atom stereocenters. The lowest BCUT2D eigenvalue weighted by Crippen LogP contribution is -2.60. The largest absolute Gasteiger partial charge is 0.547 e. The normalized spacial score (nSPS) is 43.0. The van der Waals surface area contributed by atoms with Crippen LogP contribution in [0.15, 0.2) is 11.8 Å². The zero-order valence-electron chi connectivity index (χ0n) is 24.2. The Hall–Kier alpha value is 0.111. The molecule has 6 heteroatoms. The number of hydrogen-bond acceptors (Lipinski definition) is 3. The molecule has 3 fully saturated rings. The van der Waals surface area contributed by atoms with Crippen LogP contribution in [0.4, 0.5) is 0 Å². The van der Waals surface area contributed by atoms with Crippen LogP contribution in [0.2, 0.25) is 58.9 Å². The van der Waals surface area contributed by atoms with Crippen molar-refractivity contribution in [3.05, 3.63) is 11.8 Å². The van der Waals surface area contributed by atoms with Gasteiger partial charge in [0.1, 0.15) is 0 Å². The predicted molar refractivity (Wildman–Crippen MR) is 151 cm³/mol. The zero-order chi connectivity index (χ0) is 25.3. The number of rotatable bonds is 6. The van der Waals surface area contributed by atoms with Gasteiger partial charge in [-0.25, -0.2) is 0 Å². The van der Waals surface area contributed by atoms with Crippen molar-refractivity contribution in [1.82, 2.24) is 0 Å². The molecule has 3 saturated carbocycles. The summed E-state index contributed by atoms with van der Waals surface area (Å²) in [5, 5.41) is 0. The Bertz CT molecular complexity index is 792. The quantitative estimate of drug-likeness (QED) is 0.328. The molecular formula is C28H54O3Si3. The summed E-state index contributed by atoms with van der Waals surface area (Å²) in [6, 6.07) is 0. The molecule has 0 N–H and O–H groups in total. The van der Waals surface area contributed by atoms with Crippen molar-refractivity contribution in [2.24, 2.45) is 34.5 Å². The van der Waals surface area contributed by atoms with Crippen LogP contribution in [0.3, 0.4) is 0 Å². The minimum absolute atomic E-state index is 0.229. The molecule has 4 aliphatic carbocycles. The SMILES string of the molecule is C[C@]12CCC3C(C[C@H](O[Si](C)(C)C)[C@H]4C[C@@H](O[Si](C)(C)C)CC[C@]34C)C1CC=C2O[Si](C)(C)C. The summed E-state index contributed by atoms with van der Waals surface area (Å²) in [4.78, 5) is 0. The monoisotopic (exact) mass is 522 g/mol. The van der Waals surface area contributed by atoms with Gasteiger partial charge in [0.25, 0.3) is 0 Å². The molecule has 0 radical (unpaired) electrons. The molecule has 0 aromatic heterocycles. The molecule has 0 spiro atoms. The highest BCUT2D eigenvalue weighted by atomic mass is 28.4. The van der Waals surface area contributed by atoms with Crippen molar-refractivity contribution in [3.63, 3.8) is 0 Å². The lowest BCUT2D eigenvalue weighted by Gasteiger charge is -2.63. The standard InChI is InChI=1S/C28H54O3Si3/c1-27-16-14-20(29-32(3,4)5)18-24(27)25(30-33(6,7)8)19-21-22-12-13-26(31-34(9,10)11)28(22,2)17-15-23(21)27/h13,20-25H,12,14-19H2,1-11H3/t20-,21?,22?,23?,24+,25-,27+,28-/m0/s1. The summed E-state index contributed by atoms with van der Waals surface area (Å²) >= 11 is 0. The van der Waals surface area contributed by atoms with Crippen LogP contribution >= 0.6 is 0 Å². The molecule has 34 heavy (non-hydrogen) atoms. The van der Waals surface area contributed by atoms with E-state index in [1.807, 2.05) is 0 Å². The molecule has 0 heterocycles. The van der Waals surface area contributed by atoms with Gasteiger partial charge in [-0.05, 0) is 139 Å². The van der Waals surface area contributed by atoms with E-state index in [4.69, 9.17) is 13.3 Å². The second kappa shape index (κ2) is 8.85. The maximum atomic E-state index is 7.08. The molecule has 4 aliphatic rings.